The van der Waals surface area contributed by atoms with Crippen molar-refractivity contribution in [3.63, 3.8) is 0 Å². The number of fused-ring (bicyclic) bond motifs is 2. The van der Waals surface area contributed by atoms with E-state index in [9.17, 15) is 29.3 Å². The van der Waals surface area contributed by atoms with Crippen LogP contribution < -0.4 is 4.90 Å². The van der Waals surface area contributed by atoms with Gasteiger partial charge in [-0.25, -0.2) is 14.7 Å². The van der Waals surface area contributed by atoms with Crippen molar-refractivity contribution in [2.45, 2.75) is 6.92 Å². The van der Waals surface area contributed by atoms with Crippen LogP contribution in [0.15, 0.2) is 91.0 Å². The van der Waals surface area contributed by atoms with Gasteiger partial charge in [0, 0.05) is 22.6 Å². The quantitative estimate of drug-likeness (QED) is 0.0664. The minimum Gasteiger partial charge on any atom is -0.454 e. The highest BCUT2D eigenvalue weighted by Gasteiger charge is 2.36. The number of amides is 2. The third-order valence-corrected chi connectivity index (χ3v) is 7.60. The molecule has 0 N–H and O–H groups in total. The second-order valence-corrected chi connectivity index (χ2v) is 10.4. The summed E-state index contributed by atoms with van der Waals surface area (Å²) in [6.07, 6.45) is 0. The number of para-hydroxylation sites is 1. The van der Waals surface area contributed by atoms with Crippen molar-refractivity contribution < 1.29 is 28.8 Å². The van der Waals surface area contributed by atoms with Crippen LogP contribution in [0.4, 0.5) is 11.4 Å². The summed E-state index contributed by atoms with van der Waals surface area (Å²) in [5, 5.41) is 11.6. The molecule has 1 aliphatic rings. The first kappa shape index (κ1) is 28.4. The average molecular weight is 606 g/mol. The maximum atomic E-state index is 13.3. The van der Waals surface area contributed by atoms with Crippen LogP contribution in [0.2, 0.25) is 5.02 Å². The highest BCUT2D eigenvalue weighted by atomic mass is 35.5. The van der Waals surface area contributed by atoms with Crippen molar-refractivity contribution in [1.29, 1.82) is 0 Å². The second-order valence-electron chi connectivity index (χ2n) is 9.99. The number of ketones is 1. The summed E-state index contributed by atoms with van der Waals surface area (Å²) in [6.45, 7) is 1.19. The molecule has 5 aromatic rings. The molecule has 0 fully saturated rings. The predicted octanol–water partition coefficient (Wildman–Crippen LogP) is 6.61. The van der Waals surface area contributed by atoms with E-state index >= 15 is 0 Å². The molecule has 0 bridgehead atoms. The number of anilines is 1. The number of halogens is 1. The highest BCUT2D eigenvalue weighted by Crippen LogP contribution is 2.32. The molecular formula is C33H20ClN3O7. The molecule has 2 amide bonds. The standard InChI is InChI=1S/C33H20ClN3O7/c1-18-5-4-8-22-25(33(41)44-17-29(38)20-11-14-26(34)28(15-20)37(42)43)16-27(35-30(18)22)19-9-12-21(13-10-19)36-31(39)23-6-2-3-7-24(23)32(36)40/h2-16H,17H2,1H3. The largest absolute Gasteiger partial charge is 0.454 e. The number of rotatable bonds is 7. The second kappa shape index (κ2) is 11.2. The maximum Gasteiger partial charge on any atom is 0.339 e. The third kappa shape index (κ3) is 4.97. The first-order chi connectivity index (χ1) is 21.1. The molecule has 216 valence electrons. The van der Waals surface area contributed by atoms with Crippen molar-refractivity contribution in [3.8, 4) is 11.3 Å². The summed E-state index contributed by atoms with van der Waals surface area (Å²) in [6, 6.07) is 23.7. The number of nitro groups is 1. The Bertz CT molecular complexity index is 2020. The lowest BCUT2D eigenvalue weighted by atomic mass is 10.0. The van der Waals surface area contributed by atoms with E-state index in [1.807, 2.05) is 13.0 Å². The lowest BCUT2D eigenvalue weighted by Crippen LogP contribution is -2.29. The van der Waals surface area contributed by atoms with Gasteiger partial charge in [0.1, 0.15) is 5.02 Å². The van der Waals surface area contributed by atoms with Gasteiger partial charge in [0.25, 0.3) is 17.5 Å². The average Bonchev–Trinajstić information content (AvgIpc) is 3.28. The topological polar surface area (TPSA) is 137 Å². The van der Waals surface area contributed by atoms with E-state index in [0.717, 1.165) is 16.5 Å². The number of imide groups is 1. The molecule has 4 aromatic carbocycles. The number of carbonyl (C=O) groups is 4. The summed E-state index contributed by atoms with van der Waals surface area (Å²) >= 11 is 5.83. The molecular weight excluding hydrogens is 586 g/mol. The van der Waals surface area contributed by atoms with E-state index in [1.165, 1.54) is 12.1 Å². The summed E-state index contributed by atoms with van der Waals surface area (Å²) in [5.41, 5.74) is 3.13. The molecule has 10 nitrogen and oxygen atoms in total. The van der Waals surface area contributed by atoms with Crippen LogP contribution in [-0.4, -0.2) is 40.1 Å². The Kier molecular flexibility index (Phi) is 7.20. The number of Topliss-reactive ketones (excluding diaryl/α,β-unsaturated/α-hetero) is 1. The molecule has 0 saturated carbocycles. The molecule has 0 spiro atoms. The molecule has 0 aliphatic carbocycles. The van der Waals surface area contributed by atoms with Gasteiger partial charge in [-0.1, -0.05) is 54.1 Å². The number of hydrogen-bond acceptors (Lipinski definition) is 8. The maximum absolute atomic E-state index is 13.3. The molecule has 11 heteroatoms. The zero-order chi connectivity index (χ0) is 31.1. The fraction of sp³-hybridized carbons (Fsp3) is 0.0606. The fourth-order valence-corrected chi connectivity index (χ4v) is 5.22. The van der Waals surface area contributed by atoms with Crippen LogP contribution in [-0.2, 0) is 4.74 Å². The first-order valence-corrected chi connectivity index (χ1v) is 13.6. The van der Waals surface area contributed by atoms with Crippen LogP contribution in [0.3, 0.4) is 0 Å². The van der Waals surface area contributed by atoms with Gasteiger partial charge in [-0.3, -0.25) is 24.5 Å². The lowest BCUT2D eigenvalue weighted by molar-refractivity contribution is -0.384. The van der Waals surface area contributed by atoms with Crippen molar-refractivity contribution in [3.05, 3.63) is 134 Å². The Balaban J connectivity index is 1.29. The molecule has 0 radical (unpaired) electrons. The van der Waals surface area contributed by atoms with E-state index in [4.69, 9.17) is 21.3 Å². The number of aromatic nitrogens is 1. The van der Waals surface area contributed by atoms with Crippen LogP contribution in [0, 0.1) is 17.0 Å². The molecule has 0 saturated heterocycles. The van der Waals surface area contributed by atoms with Gasteiger partial charge >= 0.3 is 5.97 Å². The van der Waals surface area contributed by atoms with Gasteiger partial charge < -0.3 is 4.74 Å². The number of pyridine rings is 1. The van der Waals surface area contributed by atoms with Gasteiger partial charge in [0.2, 0.25) is 5.78 Å². The van der Waals surface area contributed by atoms with Crippen LogP contribution in [0.5, 0.6) is 0 Å². The van der Waals surface area contributed by atoms with Crippen LogP contribution in [0.25, 0.3) is 22.2 Å². The number of ether oxygens (including phenoxy) is 1. The normalized spacial score (nSPS) is 12.4. The molecule has 6 rings (SSSR count). The molecule has 0 atom stereocenters. The van der Waals surface area contributed by atoms with E-state index in [2.05, 4.69) is 0 Å². The van der Waals surface area contributed by atoms with Gasteiger partial charge in [-0.15, -0.1) is 0 Å². The van der Waals surface area contributed by atoms with Crippen LogP contribution in [0.1, 0.15) is 47.0 Å². The van der Waals surface area contributed by atoms with Crippen molar-refractivity contribution in [2.75, 3.05) is 11.5 Å². The Morgan fingerprint density at radius 1 is 0.909 bits per heavy atom. The van der Waals surface area contributed by atoms with Crippen molar-refractivity contribution in [1.82, 2.24) is 4.98 Å². The summed E-state index contributed by atoms with van der Waals surface area (Å²) < 4.78 is 5.35. The highest BCUT2D eigenvalue weighted by molar-refractivity contribution is 6.34. The number of carbonyl (C=O) groups excluding carboxylic acids is 4. The van der Waals surface area contributed by atoms with Gasteiger partial charge in [0.05, 0.1) is 38.5 Å². The van der Waals surface area contributed by atoms with E-state index in [0.29, 0.717) is 39.0 Å². The Morgan fingerprint density at radius 2 is 1.59 bits per heavy atom. The molecule has 44 heavy (non-hydrogen) atoms. The number of hydrogen-bond donors (Lipinski definition) is 0. The summed E-state index contributed by atoms with van der Waals surface area (Å²) in [4.78, 5) is 68.2. The summed E-state index contributed by atoms with van der Waals surface area (Å²) in [5.74, 6) is -2.25. The smallest absolute Gasteiger partial charge is 0.339 e. The molecule has 2 heterocycles. The number of nitrogens with zero attached hydrogens (tertiary/aromatic N) is 3. The third-order valence-electron chi connectivity index (χ3n) is 7.28. The SMILES string of the molecule is Cc1cccc2c(C(=O)OCC(=O)c3ccc(Cl)c([N+](=O)[O-])c3)cc(-c3ccc(N4C(=O)c5ccccc5C4=O)cc3)nc12. The Labute approximate surface area is 254 Å². The van der Waals surface area contributed by atoms with E-state index in [-0.39, 0.29) is 16.1 Å². The fourth-order valence-electron chi connectivity index (χ4n) is 5.03. The molecule has 1 aromatic heterocycles. The predicted molar refractivity (Wildman–Crippen MR) is 162 cm³/mol. The molecule has 0 unspecified atom stereocenters. The monoisotopic (exact) mass is 605 g/mol. The van der Waals surface area contributed by atoms with Crippen molar-refractivity contribution in [2.24, 2.45) is 0 Å². The van der Waals surface area contributed by atoms with Gasteiger partial charge in [-0.2, -0.15) is 0 Å². The Hall–Kier alpha value is -5.74. The zero-order valence-electron chi connectivity index (χ0n) is 22.9. The number of esters is 1. The van der Waals surface area contributed by atoms with Crippen LogP contribution >= 0.6 is 11.6 Å². The number of aryl methyl sites for hydroxylation is 1. The van der Waals surface area contributed by atoms with Crippen molar-refractivity contribution >= 4 is 57.4 Å². The zero-order valence-corrected chi connectivity index (χ0v) is 23.7. The summed E-state index contributed by atoms with van der Waals surface area (Å²) in [7, 11) is 0. The van der Waals surface area contributed by atoms with E-state index in [1.54, 1.807) is 66.7 Å². The van der Waals surface area contributed by atoms with Gasteiger partial charge in [0.15, 0.2) is 6.61 Å². The lowest BCUT2D eigenvalue weighted by Gasteiger charge is -2.15. The minimum atomic E-state index is -0.788. The first-order valence-electron chi connectivity index (χ1n) is 13.3. The number of nitro benzene ring substituents is 1. The molecule has 1 aliphatic heterocycles. The number of benzene rings is 4. The minimum absolute atomic E-state index is 0.0248. The van der Waals surface area contributed by atoms with Gasteiger partial charge in [-0.05, 0) is 55.0 Å². The van der Waals surface area contributed by atoms with E-state index < -0.39 is 40.8 Å². The Morgan fingerprint density at radius 3 is 2.25 bits per heavy atom.